The maximum Gasteiger partial charge on any atom is 0.225 e. The summed E-state index contributed by atoms with van der Waals surface area (Å²) in [6.07, 6.45) is 7.97. The molecule has 2 fully saturated rings. The number of aromatic nitrogens is 2. The summed E-state index contributed by atoms with van der Waals surface area (Å²) in [5, 5.41) is 3.12. The van der Waals surface area contributed by atoms with Crippen molar-refractivity contribution in [2.24, 2.45) is 5.92 Å². The summed E-state index contributed by atoms with van der Waals surface area (Å²) in [4.78, 5) is 23.6. The van der Waals surface area contributed by atoms with Crippen LogP contribution in [0, 0.1) is 12.8 Å². The molecular weight excluding hydrogens is 312 g/mol. The van der Waals surface area contributed by atoms with Crippen molar-refractivity contribution in [3.63, 3.8) is 0 Å². The fourth-order valence-corrected chi connectivity index (χ4v) is 3.30. The molecule has 1 aromatic carbocycles. The Bertz CT molecular complexity index is 737. The number of carbonyl (C=O) groups excluding carboxylic acids is 1. The van der Waals surface area contributed by atoms with Crippen molar-refractivity contribution in [2.75, 3.05) is 18.0 Å². The topological polar surface area (TPSA) is 58.1 Å². The number of aryl methyl sites for hydroxylation is 1. The van der Waals surface area contributed by atoms with Gasteiger partial charge in [0.2, 0.25) is 11.9 Å². The normalized spacial score (nSPS) is 20.4. The first-order valence-electron chi connectivity index (χ1n) is 9.13. The van der Waals surface area contributed by atoms with Crippen LogP contribution in [0.3, 0.4) is 0 Å². The predicted molar refractivity (Wildman–Crippen MR) is 98.3 cm³/mol. The molecule has 0 radical (unpaired) electrons. The van der Waals surface area contributed by atoms with E-state index in [1.807, 2.05) is 12.4 Å². The van der Waals surface area contributed by atoms with Gasteiger partial charge < -0.3 is 10.2 Å². The molecular formula is C20H24N4O. The smallest absolute Gasteiger partial charge is 0.225 e. The lowest BCUT2D eigenvalue weighted by molar-refractivity contribution is -0.125. The molecule has 1 aliphatic carbocycles. The second kappa shape index (κ2) is 6.82. The van der Waals surface area contributed by atoms with E-state index in [1.54, 1.807) is 0 Å². The molecule has 130 valence electrons. The number of amides is 1. The van der Waals surface area contributed by atoms with Crippen LogP contribution in [0.15, 0.2) is 36.7 Å². The quantitative estimate of drug-likeness (QED) is 0.933. The number of benzene rings is 1. The van der Waals surface area contributed by atoms with Crippen LogP contribution < -0.4 is 10.2 Å². The van der Waals surface area contributed by atoms with Crippen molar-refractivity contribution in [1.29, 1.82) is 0 Å². The van der Waals surface area contributed by atoms with E-state index in [0.29, 0.717) is 12.6 Å². The number of hydrogen-bond donors (Lipinski definition) is 1. The van der Waals surface area contributed by atoms with E-state index >= 15 is 0 Å². The third kappa shape index (κ3) is 3.81. The fourth-order valence-electron chi connectivity index (χ4n) is 3.30. The van der Waals surface area contributed by atoms with Gasteiger partial charge in [0.15, 0.2) is 0 Å². The molecule has 4 rings (SSSR count). The SMILES string of the molecule is Cc1ccc(-c2cnc(N3CCCC(C(=O)NC4CC4)C3)nc2)cc1. The number of carbonyl (C=O) groups is 1. The first kappa shape index (κ1) is 16.1. The lowest BCUT2D eigenvalue weighted by Gasteiger charge is -2.32. The standard InChI is InChI=1S/C20H24N4O/c1-14-4-6-15(7-5-14)17-11-21-20(22-12-17)24-10-2-3-16(13-24)19(25)23-18-8-9-18/h4-7,11-12,16,18H,2-3,8-10,13H2,1H3,(H,23,25). The molecule has 25 heavy (non-hydrogen) atoms. The third-order valence-corrected chi connectivity index (χ3v) is 5.02. The molecule has 1 N–H and O–H groups in total. The van der Waals surface area contributed by atoms with Crippen LogP contribution in [-0.2, 0) is 4.79 Å². The molecule has 0 spiro atoms. The largest absolute Gasteiger partial charge is 0.353 e. The summed E-state index contributed by atoms with van der Waals surface area (Å²) in [5.41, 5.74) is 3.38. The summed E-state index contributed by atoms with van der Waals surface area (Å²) >= 11 is 0. The summed E-state index contributed by atoms with van der Waals surface area (Å²) in [6.45, 7) is 3.70. The van der Waals surface area contributed by atoms with Crippen LogP contribution >= 0.6 is 0 Å². The second-order valence-corrected chi connectivity index (χ2v) is 7.21. The molecule has 1 atom stereocenters. The first-order chi connectivity index (χ1) is 12.2. The third-order valence-electron chi connectivity index (χ3n) is 5.02. The number of rotatable bonds is 4. The number of hydrogen-bond acceptors (Lipinski definition) is 4. The van der Waals surface area contributed by atoms with Gasteiger partial charge in [0, 0.05) is 37.1 Å². The molecule has 2 heterocycles. The predicted octanol–water partition coefficient (Wildman–Crippen LogP) is 2.95. The number of nitrogens with zero attached hydrogens (tertiary/aromatic N) is 3. The van der Waals surface area contributed by atoms with E-state index in [2.05, 4.69) is 51.4 Å². The van der Waals surface area contributed by atoms with Crippen LogP contribution in [0.4, 0.5) is 5.95 Å². The summed E-state index contributed by atoms with van der Waals surface area (Å²) in [5.74, 6) is 0.970. The average Bonchev–Trinajstić information content (AvgIpc) is 3.47. The Morgan fingerprint density at radius 3 is 2.48 bits per heavy atom. The van der Waals surface area contributed by atoms with Crippen molar-refractivity contribution >= 4 is 11.9 Å². The maximum absolute atomic E-state index is 12.3. The number of piperidine rings is 1. The zero-order valence-electron chi connectivity index (χ0n) is 14.6. The van der Waals surface area contributed by atoms with Gasteiger partial charge in [0.25, 0.3) is 0 Å². The lowest BCUT2D eigenvalue weighted by atomic mass is 9.97. The van der Waals surface area contributed by atoms with Crippen LogP contribution in [0.5, 0.6) is 0 Å². The molecule has 2 aromatic rings. The minimum Gasteiger partial charge on any atom is -0.353 e. The van der Waals surface area contributed by atoms with E-state index in [4.69, 9.17) is 0 Å². The van der Waals surface area contributed by atoms with Gasteiger partial charge >= 0.3 is 0 Å². The van der Waals surface area contributed by atoms with Gasteiger partial charge in [-0.2, -0.15) is 0 Å². The Hall–Kier alpha value is -2.43. The Morgan fingerprint density at radius 2 is 1.80 bits per heavy atom. The molecule has 5 heteroatoms. The molecule has 1 aromatic heterocycles. The molecule has 1 saturated carbocycles. The monoisotopic (exact) mass is 336 g/mol. The van der Waals surface area contributed by atoms with Crippen molar-refractivity contribution in [1.82, 2.24) is 15.3 Å². The van der Waals surface area contributed by atoms with Gasteiger partial charge in [-0.25, -0.2) is 9.97 Å². The van der Waals surface area contributed by atoms with Crippen molar-refractivity contribution in [2.45, 2.75) is 38.6 Å². The summed E-state index contributed by atoms with van der Waals surface area (Å²) < 4.78 is 0. The van der Waals surface area contributed by atoms with E-state index in [9.17, 15) is 4.79 Å². The summed E-state index contributed by atoms with van der Waals surface area (Å²) in [7, 11) is 0. The second-order valence-electron chi connectivity index (χ2n) is 7.21. The van der Waals surface area contributed by atoms with Crippen molar-refractivity contribution in [3.8, 4) is 11.1 Å². The van der Waals surface area contributed by atoms with Crippen molar-refractivity contribution < 1.29 is 4.79 Å². The van der Waals surface area contributed by atoms with Gasteiger partial charge in [-0.1, -0.05) is 29.8 Å². The summed E-state index contributed by atoms with van der Waals surface area (Å²) in [6, 6.07) is 8.79. The van der Waals surface area contributed by atoms with E-state index < -0.39 is 0 Å². The van der Waals surface area contributed by atoms with Crippen LogP contribution in [0.2, 0.25) is 0 Å². The molecule has 5 nitrogen and oxygen atoms in total. The fraction of sp³-hybridized carbons (Fsp3) is 0.450. The zero-order valence-corrected chi connectivity index (χ0v) is 14.6. The highest BCUT2D eigenvalue weighted by Crippen LogP contribution is 2.25. The highest BCUT2D eigenvalue weighted by atomic mass is 16.2. The molecule has 1 saturated heterocycles. The highest BCUT2D eigenvalue weighted by molar-refractivity contribution is 5.80. The van der Waals surface area contributed by atoms with Gasteiger partial charge in [-0.3, -0.25) is 4.79 Å². The van der Waals surface area contributed by atoms with Gasteiger partial charge in [0.05, 0.1) is 5.92 Å². The Labute approximate surface area is 148 Å². The molecule has 2 aliphatic rings. The minimum atomic E-state index is 0.0507. The maximum atomic E-state index is 12.3. The van der Waals surface area contributed by atoms with E-state index in [1.165, 1.54) is 5.56 Å². The zero-order chi connectivity index (χ0) is 17.2. The minimum absolute atomic E-state index is 0.0507. The average molecular weight is 336 g/mol. The first-order valence-corrected chi connectivity index (χ1v) is 9.13. The number of nitrogens with one attached hydrogen (secondary N) is 1. The van der Waals surface area contributed by atoms with Crippen LogP contribution in [-0.4, -0.2) is 35.0 Å². The van der Waals surface area contributed by atoms with Gasteiger partial charge in [-0.15, -0.1) is 0 Å². The lowest BCUT2D eigenvalue weighted by Crippen LogP contribution is -2.44. The Kier molecular flexibility index (Phi) is 4.38. The molecule has 1 aliphatic heterocycles. The van der Waals surface area contributed by atoms with Crippen LogP contribution in [0.25, 0.3) is 11.1 Å². The van der Waals surface area contributed by atoms with Crippen LogP contribution in [0.1, 0.15) is 31.2 Å². The van der Waals surface area contributed by atoms with Gasteiger partial charge in [0.1, 0.15) is 0 Å². The molecule has 1 amide bonds. The number of anilines is 1. The van der Waals surface area contributed by atoms with Crippen molar-refractivity contribution in [3.05, 3.63) is 42.2 Å². The van der Waals surface area contributed by atoms with E-state index in [-0.39, 0.29) is 11.8 Å². The van der Waals surface area contributed by atoms with E-state index in [0.717, 1.165) is 49.3 Å². The van der Waals surface area contributed by atoms with Gasteiger partial charge in [-0.05, 0) is 38.2 Å². The Balaban J connectivity index is 1.43. The Morgan fingerprint density at radius 1 is 1.08 bits per heavy atom. The molecule has 1 unspecified atom stereocenters. The highest BCUT2D eigenvalue weighted by Gasteiger charge is 2.31. The molecule has 0 bridgehead atoms.